The molecule has 56 heavy (non-hydrogen) atoms. The quantitative estimate of drug-likeness (QED) is 0.103. The lowest BCUT2D eigenvalue weighted by Crippen LogP contribution is -2.18. The Morgan fingerprint density at radius 2 is 0.518 bits per heavy atom. The van der Waals surface area contributed by atoms with Gasteiger partial charge in [-0.05, 0) is 83.9 Å². The highest BCUT2D eigenvalue weighted by molar-refractivity contribution is 6.04. The Morgan fingerprint density at radius 1 is 0.304 bits per heavy atom. The molecule has 274 valence electrons. The molecule has 7 aromatic carbocycles. The van der Waals surface area contributed by atoms with E-state index in [0.29, 0.717) is 0 Å². The van der Waals surface area contributed by atoms with Gasteiger partial charge >= 0.3 is 23.9 Å². The van der Waals surface area contributed by atoms with Crippen LogP contribution >= 0.6 is 0 Å². The van der Waals surface area contributed by atoms with Crippen LogP contribution in [0.15, 0.2) is 170 Å². The van der Waals surface area contributed by atoms with Crippen LogP contribution in [-0.4, -0.2) is 34.1 Å². The minimum absolute atomic E-state index is 0.119. The van der Waals surface area contributed by atoms with Gasteiger partial charge in [-0.1, -0.05) is 97.1 Å². The lowest BCUT2D eigenvalue weighted by atomic mass is 9.94. The number of carbonyl (C=O) groups excluding carboxylic acids is 4. The number of rotatable bonds is 10. The van der Waals surface area contributed by atoms with Crippen molar-refractivity contribution in [3.8, 4) is 56.8 Å². The van der Waals surface area contributed by atoms with E-state index in [2.05, 4.69) is 0 Å². The highest BCUT2D eigenvalue weighted by Crippen LogP contribution is 2.58. The van der Waals surface area contributed by atoms with E-state index < -0.39 is 46.9 Å². The fraction of sp³-hybridized carbons (Fsp3) is 0. The van der Waals surface area contributed by atoms with E-state index in [9.17, 15) is 29.4 Å². The van der Waals surface area contributed by atoms with Crippen LogP contribution in [0.3, 0.4) is 0 Å². The van der Waals surface area contributed by atoms with Gasteiger partial charge in [0.05, 0.1) is 33.4 Å². The Hall–Kier alpha value is -7.98. The minimum Gasteiger partial charge on any atom is -0.508 e. The molecule has 0 radical (unpaired) electrons. The van der Waals surface area contributed by atoms with Gasteiger partial charge in [-0.15, -0.1) is 0 Å². The topological polar surface area (TPSA) is 146 Å². The molecule has 0 spiro atoms. The first-order valence-corrected chi connectivity index (χ1v) is 17.2. The lowest BCUT2D eigenvalue weighted by molar-refractivity contribution is 0.0666. The zero-order valence-corrected chi connectivity index (χ0v) is 29.3. The molecular weight excluding hydrogens is 712 g/mol. The van der Waals surface area contributed by atoms with Crippen molar-refractivity contribution in [3.05, 3.63) is 192 Å². The van der Waals surface area contributed by atoms with Crippen LogP contribution in [0.2, 0.25) is 0 Å². The largest absolute Gasteiger partial charge is 0.508 e. The van der Waals surface area contributed by atoms with Crippen LogP contribution in [0.25, 0.3) is 22.3 Å². The van der Waals surface area contributed by atoms with E-state index in [0.717, 1.165) is 0 Å². The number of hydrogen-bond donors (Lipinski definition) is 2. The van der Waals surface area contributed by atoms with Crippen LogP contribution in [0.1, 0.15) is 41.4 Å². The fourth-order valence-corrected chi connectivity index (χ4v) is 5.73. The Kier molecular flexibility index (Phi) is 10.6. The molecule has 0 unspecified atom stereocenters. The average Bonchev–Trinajstić information content (AvgIpc) is 3.24. The van der Waals surface area contributed by atoms with E-state index in [1.165, 1.54) is 97.1 Å². The van der Waals surface area contributed by atoms with E-state index in [4.69, 9.17) is 18.9 Å². The van der Waals surface area contributed by atoms with Crippen molar-refractivity contribution in [2.24, 2.45) is 0 Å². The Labute approximate surface area is 320 Å². The van der Waals surface area contributed by atoms with Crippen molar-refractivity contribution in [1.82, 2.24) is 0 Å². The van der Waals surface area contributed by atoms with Crippen molar-refractivity contribution in [2.75, 3.05) is 0 Å². The molecule has 0 fully saturated rings. The van der Waals surface area contributed by atoms with Gasteiger partial charge in [0.25, 0.3) is 0 Å². The van der Waals surface area contributed by atoms with Crippen LogP contribution in [0, 0.1) is 0 Å². The molecule has 10 nitrogen and oxygen atoms in total. The molecule has 0 saturated heterocycles. The van der Waals surface area contributed by atoms with Crippen LogP contribution in [0.5, 0.6) is 34.5 Å². The van der Waals surface area contributed by atoms with Crippen LogP contribution in [-0.2, 0) is 0 Å². The predicted molar refractivity (Wildman–Crippen MR) is 206 cm³/mol. The zero-order valence-electron chi connectivity index (χ0n) is 29.3. The number of hydrogen-bond acceptors (Lipinski definition) is 10. The third-order valence-corrected chi connectivity index (χ3v) is 8.45. The van der Waals surface area contributed by atoms with Gasteiger partial charge in [-0.25, -0.2) is 19.2 Å². The number of esters is 4. The van der Waals surface area contributed by atoms with Crippen molar-refractivity contribution in [3.63, 3.8) is 0 Å². The summed E-state index contributed by atoms with van der Waals surface area (Å²) in [5, 5.41) is 20.6. The molecular formula is C46H30O10. The second kappa shape index (κ2) is 16.4. The van der Waals surface area contributed by atoms with Crippen LogP contribution < -0.4 is 18.9 Å². The average molecular weight is 743 g/mol. The summed E-state index contributed by atoms with van der Waals surface area (Å²) in [5.74, 6) is -5.35. The molecule has 0 aliphatic heterocycles. The highest BCUT2D eigenvalue weighted by atomic mass is 16.6. The molecule has 0 aliphatic carbocycles. The lowest BCUT2D eigenvalue weighted by Gasteiger charge is -2.25. The summed E-state index contributed by atoms with van der Waals surface area (Å²) in [7, 11) is 0. The number of carbonyl (C=O) groups is 4. The second-order valence-electron chi connectivity index (χ2n) is 12.2. The van der Waals surface area contributed by atoms with Crippen molar-refractivity contribution in [1.29, 1.82) is 0 Å². The molecule has 0 aromatic heterocycles. The molecule has 0 amide bonds. The summed E-state index contributed by atoms with van der Waals surface area (Å²) in [6.45, 7) is 0. The first-order valence-electron chi connectivity index (χ1n) is 17.2. The van der Waals surface area contributed by atoms with Gasteiger partial charge in [0.1, 0.15) is 11.5 Å². The smallest absolute Gasteiger partial charge is 0.343 e. The van der Waals surface area contributed by atoms with Crippen molar-refractivity contribution in [2.45, 2.75) is 0 Å². The molecule has 0 saturated carbocycles. The van der Waals surface area contributed by atoms with E-state index in [1.807, 2.05) is 0 Å². The van der Waals surface area contributed by atoms with E-state index in [1.54, 1.807) is 72.8 Å². The maximum Gasteiger partial charge on any atom is 0.343 e. The Morgan fingerprint density at radius 3 is 0.732 bits per heavy atom. The van der Waals surface area contributed by atoms with Crippen molar-refractivity contribution < 1.29 is 48.3 Å². The molecule has 0 atom stereocenters. The monoisotopic (exact) mass is 742 g/mol. The molecule has 7 rings (SSSR count). The van der Waals surface area contributed by atoms with Gasteiger partial charge < -0.3 is 29.2 Å². The molecule has 10 heteroatoms. The van der Waals surface area contributed by atoms with Gasteiger partial charge in [0.2, 0.25) is 0 Å². The Balaban J connectivity index is 1.61. The van der Waals surface area contributed by atoms with Crippen LogP contribution in [0.4, 0.5) is 0 Å². The summed E-state index contributed by atoms with van der Waals surface area (Å²) in [6.07, 6.45) is 0. The van der Waals surface area contributed by atoms with Gasteiger partial charge in [-0.2, -0.15) is 0 Å². The molecule has 0 aliphatic rings. The standard InChI is InChI=1S/C46H30O10/c47-35-25-21-29(22-26-35)37-39(53-43(49)31-13-5-1-6-14-31)40(54-44(50)32-15-7-2-8-16-32)38(30-23-27-36(48)28-24-30)42(56-46(52)34-19-11-4-12-20-34)41(37)55-45(51)33-17-9-3-10-18-33/h1-28,47-48H. The van der Waals surface area contributed by atoms with Gasteiger partial charge in [-0.3, -0.25) is 0 Å². The summed E-state index contributed by atoms with van der Waals surface area (Å²) in [4.78, 5) is 56.1. The summed E-state index contributed by atoms with van der Waals surface area (Å²) in [5.41, 5.74) is 0.592. The maximum atomic E-state index is 14.0. The fourth-order valence-electron chi connectivity index (χ4n) is 5.73. The number of benzene rings is 7. The number of aromatic hydroxyl groups is 2. The Bertz CT molecular complexity index is 2210. The minimum atomic E-state index is -0.881. The molecule has 0 bridgehead atoms. The normalized spacial score (nSPS) is 10.6. The van der Waals surface area contributed by atoms with E-state index >= 15 is 0 Å². The highest BCUT2D eigenvalue weighted by Gasteiger charge is 2.36. The number of phenolic OH excluding ortho intramolecular Hbond substituents is 2. The SMILES string of the molecule is O=C(Oc1c(OC(=O)c2ccccc2)c(-c2ccc(O)cc2)c(OC(=O)c2ccccc2)c(OC(=O)c2ccccc2)c1-c1ccc(O)cc1)c1ccccc1. The van der Waals surface area contributed by atoms with Crippen molar-refractivity contribution >= 4 is 23.9 Å². The molecule has 7 aromatic rings. The zero-order chi connectivity index (χ0) is 39.0. The van der Waals surface area contributed by atoms with Gasteiger partial charge in [0.15, 0.2) is 23.0 Å². The first-order chi connectivity index (χ1) is 27.3. The maximum absolute atomic E-state index is 14.0. The molecule has 2 N–H and O–H groups in total. The van der Waals surface area contributed by atoms with Gasteiger partial charge in [0, 0.05) is 0 Å². The summed E-state index contributed by atoms with van der Waals surface area (Å²) in [6, 6.07) is 43.3. The number of ether oxygens (including phenoxy) is 4. The third-order valence-electron chi connectivity index (χ3n) is 8.45. The third kappa shape index (κ3) is 7.99. The van der Waals surface area contributed by atoms with E-state index in [-0.39, 0.29) is 56.0 Å². The second-order valence-corrected chi connectivity index (χ2v) is 12.2. The first kappa shape index (κ1) is 36.4. The predicted octanol–water partition coefficient (Wildman–Crippen LogP) is 9.31. The molecule has 0 heterocycles. The summed E-state index contributed by atoms with van der Waals surface area (Å²) < 4.78 is 24.7. The number of phenols is 2. The summed E-state index contributed by atoms with van der Waals surface area (Å²) >= 11 is 0.